The number of hydrogen-bond donors (Lipinski definition) is 0. The Morgan fingerprint density at radius 2 is 1.86 bits per heavy atom. The molecular formula is C22H16F2N4Pt. The van der Waals surface area contributed by atoms with Crippen LogP contribution in [0.5, 0.6) is 0 Å². The minimum Gasteiger partial charge on any atom is -0.300 e. The minimum atomic E-state index is -0.704. The molecule has 0 aliphatic rings. The molecule has 148 valence electrons. The summed E-state index contributed by atoms with van der Waals surface area (Å²) in [6, 6.07) is 20.4. The number of para-hydroxylation sites is 1. The van der Waals surface area contributed by atoms with Crippen molar-refractivity contribution in [2.45, 2.75) is 19.3 Å². The Balaban J connectivity index is 0.00000240. The Kier molecular flexibility index (Phi) is 6.04. The molecule has 4 aromatic rings. The smallest absolute Gasteiger partial charge is 0.300 e. The molecule has 0 saturated carbocycles. The molecule has 0 atom stereocenters. The van der Waals surface area contributed by atoms with E-state index >= 15 is 0 Å². The van der Waals surface area contributed by atoms with Crippen molar-refractivity contribution in [3.63, 3.8) is 0 Å². The van der Waals surface area contributed by atoms with Gasteiger partial charge < -0.3 is 4.98 Å². The molecule has 0 bridgehead atoms. The maximum absolute atomic E-state index is 14.1. The maximum atomic E-state index is 14.1. The van der Waals surface area contributed by atoms with E-state index in [1.54, 1.807) is 29.2 Å². The molecule has 0 aliphatic heterocycles. The van der Waals surface area contributed by atoms with Gasteiger partial charge in [-0.25, -0.2) is 9.67 Å². The van der Waals surface area contributed by atoms with Crippen LogP contribution in [-0.2, 0) is 26.5 Å². The summed E-state index contributed by atoms with van der Waals surface area (Å²) in [5, 5.41) is 4.56. The fourth-order valence-corrected chi connectivity index (χ4v) is 2.87. The van der Waals surface area contributed by atoms with E-state index in [1.807, 2.05) is 38.1 Å². The molecule has 0 fully saturated rings. The van der Waals surface area contributed by atoms with Crippen molar-refractivity contribution in [1.29, 1.82) is 0 Å². The molecule has 0 saturated heterocycles. The topological polar surface area (TPSA) is 43.6 Å². The van der Waals surface area contributed by atoms with Crippen molar-refractivity contribution in [2.75, 3.05) is 0 Å². The van der Waals surface area contributed by atoms with Gasteiger partial charge in [-0.3, -0.25) is 8.78 Å². The Bertz CT molecular complexity index is 1130. The molecule has 29 heavy (non-hydrogen) atoms. The first-order valence-electron chi connectivity index (χ1n) is 8.69. The van der Waals surface area contributed by atoms with E-state index in [0.717, 1.165) is 17.8 Å². The van der Waals surface area contributed by atoms with Gasteiger partial charge in [-0.2, -0.15) is 29.4 Å². The molecule has 0 radical (unpaired) electrons. The van der Waals surface area contributed by atoms with Crippen LogP contribution in [-0.4, -0.2) is 19.7 Å². The molecule has 2 aromatic carbocycles. The summed E-state index contributed by atoms with van der Waals surface area (Å²) in [5.74, 6) is -0.812. The van der Waals surface area contributed by atoms with Gasteiger partial charge in [0.05, 0.1) is 5.41 Å². The number of hydrogen-bond acceptors (Lipinski definition) is 3. The monoisotopic (exact) mass is 569 g/mol. The number of pyridine rings is 1. The Hall–Kier alpha value is -2.72. The van der Waals surface area contributed by atoms with E-state index < -0.39 is 17.0 Å². The van der Waals surface area contributed by atoms with Crippen molar-refractivity contribution in [2.24, 2.45) is 0 Å². The van der Waals surface area contributed by atoms with E-state index in [1.165, 1.54) is 0 Å². The predicted molar refractivity (Wildman–Crippen MR) is 101 cm³/mol. The van der Waals surface area contributed by atoms with Crippen LogP contribution in [0.15, 0.2) is 60.9 Å². The first-order valence-corrected chi connectivity index (χ1v) is 8.69. The van der Waals surface area contributed by atoms with E-state index in [4.69, 9.17) is 0 Å². The van der Waals surface area contributed by atoms with Gasteiger partial charge in [-0.1, -0.05) is 23.8 Å². The number of rotatable bonds is 4. The standard InChI is InChI=1S/C22H16F2N4.Pt/c1-22(2,21-25-14-28(27-21)16-7-4-3-5-8-16)20-10-6-9-19(26-20)17-12-11-15(23)13-18(17)24;/h3-7,9-11,13-14H,1-2H3;/q-2;+2. The number of aromatic nitrogens is 4. The van der Waals surface area contributed by atoms with Gasteiger partial charge in [0.2, 0.25) is 0 Å². The maximum Gasteiger partial charge on any atom is 2.00 e. The largest absolute Gasteiger partial charge is 2.00 e. The number of benzene rings is 2. The van der Waals surface area contributed by atoms with Gasteiger partial charge in [-0.05, 0) is 31.3 Å². The van der Waals surface area contributed by atoms with E-state index in [-0.39, 0.29) is 26.6 Å². The van der Waals surface area contributed by atoms with Gasteiger partial charge in [-0.15, -0.1) is 18.2 Å². The summed E-state index contributed by atoms with van der Waals surface area (Å²) < 4.78 is 29.0. The zero-order chi connectivity index (χ0) is 19.7. The molecule has 0 amide bonds. The van der Waals surface area contributed by atoms with Crippen molar-refractivity contribution in [3.8, 4) is 16.9 Å². The summed E-state index contributed by atoms with van der Waals surface area (Å²) in [6.07, 6.45) is 1.63. The molecule has 4 rings (SSSR count). The third-order valence-electron chi connectivity index (χ3n) is 4.49. The fourth-order valence-electron chi connectivity index (χ4n) is 2.87. The normalized spacial score (nSPS) is 11.2. The zero-order valence-corrected chi connectivity index (χ0v) is 17.9. The number of halogens is 2. The average Bonchev–Trinajstić information content (AvgIpc) is 3.20. The second kappa shape index (κ2) is 8.34. The second-order valence-corrected chi connectivity index (χ2v) is 6.83. The van der Waals surface area contributed by atoms with E-state index in [2.05, 4.69) is 27.2 Å². The zero-order valence-electron chi connectivity index (χ0n) is 15.6. The molecular weight excluding hydrogens is 553 g/mol. The molecule has 2 aromatic heterocycles. The fraction of sp³-hybridized carbons (Fsp3) is 0.136. The van der Waals surface area contributed by atoms with Crippen LogP contribution >= 0.6 is 0 Å². The van der Waals surface area contributed by atoms with Crippen LogP contribution in [0.2, 0.25) is 0 Å². The summed E-state index contributed by atoms with van der Waals surface area (Å²) >= 11 is 0. The third-order valence-corrected chi connectivity index (χ3v) is 4.49. The molecule has 0 aliphatic carbocycles. The Morgan fingerprint density at radius 1 is 1.03 bits per heavy atom. The van der Waals surface area contributed by atoms with Gasteiger partial charge in [0, 0.05) is 17.3 Å². The summed E-state index contributed by atoms with van der Waals surface area (Å²) in [6.45, 7) is 3.89. The van der Waals surface area contributed by atoms with Crippen LogP contribution in [0.25, 0.3) is 16.9 Å². The van der Waals surface area contributed by atoms with Crippen LogP contribution < -0.4 is 0 Å². The Morgan fingerprint density at radius 3 is 2.59 bits per heavy atom. The van der Waals surface area contributed by atoms with Gasteiger partial charge in [0.25, 0.3) is 0 Å². The number of nitrogens with zero attached hydrogens (tertiary/aromatic N) is 4. The minimum absolute atomic E-state index is 0. The van der Waals surface area contributed by atoms with E-state index in [9.17, 15) is 8.78 Å². The van der Waals surface area contributed by atoms with Crippen molar-refractivity contribution >= 4 is 0 Å². The SMILES string of the molecule is CC(C)(c1cccc(-c2[c-]cc(F)cc2F)n1)c1ncn(-c2[c-]cccc2)n1.[Pt+2]. The van der Waals surface area contributed by atoms with Crippen LogP contribution in [0.4, 0.5) is 8.78 Å². The first-order chi connectivity index (χ1) is 13.4. The molecule has 0 spiro atoms. The molecule has 0 unspecified atom stereocenters. The summed E-state index contributed by atoms with van der Waals surface area (Å²) in [5.41, 5.74) is 1.31. The van der Waals surface area contributed by atoms with Crippen molar-refractivity contribution in [3.05, 3.63) is 96.2 Å². The quantitative estimate of drug-likeness (QED) is 0.340. The third kappa shape index (κ3) is 4.18. The molecule has 7 heteroatoms. The van der Waals surface area contributed by atoms with Crippen LogP contribution in [0.1, 0.15) is 25.4 Å². The van der Waals surface area contributed by atoms with Gasteiger partial charge in [0.15, 0.2) is 5.82 Å². The van der Waals surface area contributed by atoms with E-state index in [0.29, 0.717) is 17.2 Å². The van der Waals surface area contributed by atoms with Crippen LogP contribution in [0, 0.1) is 23.8 Å². The summed E-state index contributed by atoms with van der Waals surface area (Å²) in [7, 11) is 0. The first kappa shape index (κ1) is 21.0. The van der Waals surface area contributed by atoms with Gasteiger partial charge in [0.1, 0.15) is 6.33 Å². The Labute approximate surface area is 181 Å². The average molecular weight is 569 g/mol. The van der Waals surface area contributed by atoms with Crippen molar-refractivity contribution < 1.29 is 29.8 Å². The van der Waals surface area contributed by atoms with Crippen LogP contribution in [0.3, 0.4) is 0 Å². The van der Waals surface area contributed by atoms with Crippen molar-refractivity contribution in [1.82, 2.24) is 19.7 Å². The molecule has 2 heterocycles. The summed E-state index contributed by atoms with van der Waals surface area (Å²) in [4.78, 5) is 9.01. The molecule has 4 nitrogen and oxygen atoms in total. The predicted octanol–water partition coefficient (Wildman–Crippen LogP) is 4.53. The molecule has 0 N–H and O–H groups in total. The van der Waals surface area contributed by atoms with Gasteiger partial charge >= 0.3 is 21.1 Å². The second-order valence-electron chi connectivity index (χ2n) is 6.83.